The van der Waals surface area contributed by atoms with E-state index in [1.165, 1.54) is 0 Å². The van der Waals surface area contributed by atoms with Crippen LogP contribution in [0.15, 0.2) is 72.5 Å². The van der Waals surface area contributed by atoms with Crippen LogP contribution < -0.4 is 5.32 Å². The molecule has 7 nitrogen and oxygen atoms in total. The number of nitrogens with zero attached hydrogens (tertiary/aromatic N) is 5. The van der Waals surface area contributed by atoms with Crippen molar-refractivity contribution in [3.63, 3.8) is 0 Å². The van der Waals surface area contributed by atoms with Crippen molar-refractivity contribution in [2.45, 2.75) is 20.0 Å². The third-order valence-corrected chi connectivity index (χ3v) is 5.90. The first kappa shape index (κ1) is 19.2. The van der Waals surface area contributed by atoms with Gasteiger partial charge in [0.05, 0.1) is 29.5 Å². The molecule has 154 valence electrons. The quantitative estimate of drug-likeness (QED) is 0.436. The van der Waals surface area contributed by atoms with Crippen molar-refractivity contribution in [3.8, 4) is 10.4 Å². The first-order valence-electron chi connectivity index (χ1n) is 9.89. The summed E-state index contributed by atoms with van der Waals surface area (Å²) in [6.07, 6.45) is 5.24. The van der Waals surface area contributed by atoms with E-state index in [1.54, 1.807) is 33.1 Å². The van der Waals surface area contributed by atoms with E-state index in [1.807, 2.05) is 61.0 Å². The van der Waals surface area contributed by atoms with Gasteiger partial charge in [0.25, 0.3) is 0 Å². The average Bonchev–Trinajstić information content (AvgIpc) is 3.51. The molecule has 0 atom stereocenters. The van der Waals surface area contributed by atoms with E-state index in [9.17, 15) is 4.79 Å². The summed E-state index contributed by atoms with van der Waals surface area (Å²) < 4.78 is 3.46. The van der Waals surface area contributed by atoms with Crippen molar-refractivity contribution in [3.05, 3.63) is 83.8 Å². The van der Waals surface area contributed by atoms with Gasteiger partial charge in [-0.25, -0.2) is 9.67 Å². The third kappa shape index (κ3) is 3.97. The van der Waals surface area contributed by atoms with Gasteiger partial charge in [-0.2, -0.15) is 10.2 Å². The maximum absolute atomic E-state index is 12.7. The van der Waals surface area contributed by atoms with Gasteiger partial charge in [-0.3, -0.25) is 9.48 Å². The van der Waals surface area contributed by atoms with Crippen LogP contribution in [0, 0.1) is 6.92 Å². The summed E-state index contributed by atoms with van der Waals surface area (Å²) in [7, 11) is 0. The lowest BCUT2D eigenvalue weighted by Gasteiger charge is -2.05. The average molecular weight is 429 g/mol. The summed E-state index contributed by atoms with van der Waals surface area (Å²) in [4.78, 5) is 18.3. The Balaban J connectivity index is 1.33. The molecule has 5 rings (SSSR count). The summed E-state index contributed by atoms with van der Waals surface area (Å²) in [5, 5.41) is 14.8. The fraction of sp³-hybridized carbons (Fsp3) is 0.130. The normalized spacial score (nSPS) is 11.1. The lowest BCUT2D eigenvalue weighted by molar-refractivity contribution is -0.116. The van der Waals surface area contributed by atoms with Crippen LogP contribution in [0.4, 0.5) is 5.69 Å². The molecule has 1 N–H and O–H groups in total. The number of fused-ring (bicyclic) bond motifs is 1. The maximum Gasteiger partial charge on any atom is 0.246 e. The predicted molar refractivity (Wildman–Crippen MR) is 122 cm³/mol. The van der Waals surface area contributed by atoms with Gasteiger partial charge in [0.15, 0.2) is 5.65 Å². The molecule has 0 aliphatic carbocycles. The van der Waals surface area contributed by atoms with E-state index >= 15 is 0 Å². The molecule has 0 fully saturated rings. The second kappa shape index (κ2) is 8.16. The van der Waals surface area contributed by atoms with Crippen molar-refractivity contribution in [2.24, 2.45) is 0 Å². The fourth-order valence-electron chi connectivity index (χ4n) is 3.65. The van der Waals surface area contributed by atoms with Crippen LogP contribution in [-0.4, -0.2) is 30.5 Å². The van der Waals surface area contributed by atoms with Crippen LogP contribution in [0.5, 0.6) is 0 Å². The first-order chi connectivity index (χ1) is 15.2. The molecule has 5 aromatic rings. The van der Waals surface area contributed by atoms with Crippen LogP contribution in [0.3, 0.4) is 0 Å². The van der Waals surface area contributed by atoms with Crippen LogP contribution in [0.25, 0.3) is 21.5 Å². The summed E-state index contributed by atoms with van der Waals surface area (Å²) in [6, 6.07) is 16.2. The number of aryl methyl sites for hydroxylation is 1. The van der Waals surface area contributed by atoms with Crippen molar-refractivity contribution in [1.29, 1.82) is 0 Å². The summed E-state index contributed by atoms with van der Waals surface area (Å²) in [5.74, 6) is -0.174. The molecule has 0 spiro atoms. The zero-order chi connectivity index (χ0) is 21.2. The Morgan fingerprint density at radius 2 is 2.00 bits per heavy atom. The van der Waals surface area contributed by atoms with Crippen molar-refractivity contribution < 1.29 is 4.79 Å². The number of carbonyl (C=O) groups excluding carboxylic acids is 1. The van der Waals surface area contributed by atoms with Gasteiger partial charge in [-0.1, -0.05) is 36.4 Å². The molecule has 8 heteroatoms. The van der Waals surface area contributed by atoms with Gasteiger partial charge in [0.1, 0.15) is 6.54 Å². The molecule has 0 aliphatic heterocycles. The van der Waals surface area contributed by atoms with E-state index in [2.05, 4.69) is 26.6 Å². The maximum atomic E-state index is 12.7. The number of rotatable bonds is 6. The highest BCUT2D eigenvalue weighted by atomic mass is 32.1. The number of hydrogen-bond acceptors (Lipinski definition) is 5. The Morgan fingerprint density at radius 1 is 1.13 bits per heavy atom. The Bertz CT molecular complexity index is 1340. The minimum atomic E-state index is -0.174. The lowest BCUT2D eigenvalue weighted by Crippen LogP contribution is -2.19. The van der Waals surface area contributed by atoms with Gasteiger partial charge in [0.2, 0.25) is 5.91 Å². The van der Waals surface area contributed by atoms with Crippen LogP contribution in [0.2, 0.25) is 0 Å². The third-order valence-electron chi connectivity index (χ3n) is 4.99. The highest BCUT2D eigenvalue weighted by Gasteiger charge is 2.16. The second-order valence-corrected chi connectivity index (χ2v) is 8.19. The fourth-order valence-corrected chi connectivity index (χ4v) is 4.41. The molecule has 0 radical (unpaired) electrons. The van der Waals surface area contributed by atoms with Gasteiger partial charge >= 0.3 is 0 Å². The number of benzene rings is 1. The second-order valence-electron chi connectivity index (χ2n) is 7.24. The number of aromatic nitrogens is 5. The minimum absolute atomic E-state index is 0.0785. The predicted octanol–water partition coefficient (Wildman–Crippen LogP) is 4.35. The van der Waals surface area contributed by atoms with Crippen molar-refractivity contribution >= 4 is 34.0 Å². The monoisotopic (exact) mass is 428 g/mol. The number of pyridine rings is 1. The zero-order valence-electron chi connectivity index (χ0n) is 16.9. The largest absolute Gasteiger partial charge is 0.322 e. The molecular formula is C23H20N6OS. The number of amides is 1. The van der Waals surface area contributed by atoms with Gasteiger partial charge in [-0.05, 0) is 30.0 Å². The summed E-state index contributed by atoms with van der Waals surface area (Å²) in [5.41, 5.74) is 4.45. The number of thiophene rings is 1. The Labute approximate surface area is 183 Å². The van der Waals surface area contributed by atoms with E-state index < -0.39 is 0 Å². The Kier molecular flexibility index (Phi) is 5.05. The Hall–Kier alpha value is -3.78. The highest BCUT2D eigenvalue weighted by Crippen LogP contribution is 2.32. The standard InChI is InChI=1S/C23H20N6OS/c1-16-22-19(20-8-5-11-31-20)9-10-24-23(22)29(27-16)15-21(30)26-18-12-25-28(14-18)13-17-6-3-2-4-7-17/h2-12,14H,13,15H2,1H3,(H,26,30). The summed E-state index contributed by atoms with van der Waals surface area (Å²) in [6.45, 7) is 2.67. The van der Waals surface area contributed by atoms with E-state index in [0.29, 0.717) is 17.9 Å². The molecule has 1 amide bonds. The molecule has 4 heterocycles. The van der Waals surface area contributed by atoms with Gasteiger partial charge < -0.3 is 5.32 Å². The number of anilines is 1. The number of carbonyl (C=O) groups is 1. The lowest BCUT2D eigenvalue weighted by atomic mass is 10.1. The molecule has 0 aliphatic rings. The van der Waals surface area contributed by atoms with Crippen molar-refractivity contribution in [2.75, 3.05) is 5.32 Å². The van der Waals surface area contributed by atoms with Crippen LogP contribution in [-0.2, 0) is 17.9 Å². The minimum Gasteiger partial charge on any atom is -0.322 e. The molecule has 4 aromatic heterocycles. The highest BCUT2D eigenvalue weighted by molar-refractivity contribution is 7.13. The molecule has 0 saturated carbocycles. The number of hydrogen-bond donors (Lipinski definition) is 1. The smallest absolute Gasteiger partial charge is 0.246 e. The molecule has 1 aromatic carbocycles. The van der Waals surface area contributed by atoms with Crippen LogP contribution >= 0.6 is 11.3 Å². The number of nitrogens with one attached hydrogen (secondary N) is 1. The van der Waals surface area contributed by atoms with Gasteiger partial charge in [0, 0.05) is 22.8 Å². The van der Waals surface area contributed by atoms with Gasteiger partial charge in [-0.15, -0.1) is 11.3 Å². The Morgan fingerprint density at radius 3 is 2.81 bits per heavy atom. The molecular weight excluding hydrogens is 408 g/mol. The molecule has 0 unspecified atom stereocenters. The molecule has 0 bridgehead atoms. The van der Waals surface area contributed by atoms with Crippen molar-refractivity contribution in [1.82, 2.24) is 24.5 Å². The van der Waals surface area contributed by atoms with E-state index in [-0.39, 0.29) is 12.5 Å². The topological polar surface area (TPSA) is 77.6 Å². The first-order valence-corrected chi connectivity index (χ1v) is 10.8. The van der Waals surface area contributed by atoms with E-state index in [4.69, 9.17) is 0 Å². The SMILES string of the molecule is Cc1nn(CC(=O)Nc2cnn(Cc3ccccc3)c2)c2nccc(-c3cccs3)c12. The summed E-state index contributed by atoms with van der Waals surface area (Å²) >= 11 is 1.67. The molecule has 31 heavy (non-hydrogen) atoms. The van der Waals surface area contributed by atoms with E-state index in [0.717, 1.165) is 27.1 Å². The molecule has 0 saturated heterocycles. The zero-order valence-corrected chi connectivity index (χ0v) is 17.7. The van der Waals surface area contributed by atoms with Crippen LogP contribution in [0.1, 0.15) is 11.3 Å².